The van der Waals surface area contributed by atoms with E-state index in [-0.39, 0.29) is 5.56 Å². The lowest BCUT2D eigenvalue weighted by molar-refractivity contribution is 0.0697. The van der Waals surface area contributed by atoms with Crippen LogP contribution in [0, 0.1) is 13.8 Å². The standard InChI is InChI=1S/C14H20N4O2/c1-5-6-7-18-8-11(14(19)20)13(16-18)12-9(2)15-17(4)10(12)3/h8H,5-7H2,1-4H3,(H,19,20). The number of rotatable bonds is 5. The summed E-state index contributed by atoms with van der Waals surface area (Å²) < 4.78 is 3.47. The molecule has 0 fully saturated rings. The summed E-state index contributed by atoms with van der Waals surface area (Å²) in [4.78, 5) is 11.4. The third-order valence-electron chi connectivity index (χ3n) is 3.48. The molecular formula is C14H20N4O2. The first-order valence-electron chi connectivity index (χ1n) is 6.77. The number of hydrogen-bond donors (Lipinski definition) is 1. The number of carboxylic acids is 1. The van der Waals surface area contributed by atoms with Crippen LogP contribution in [0.1, 0.15) is 41.5 Å². The summed E-state index contributed by atoms with van der Waals surface area (Å²) in [6, 6.07) is 0. The lowest BCUT2D eigenvalue weighted by Gasteiger charge is -2.00. The fourth-order valence-corrected chi connectivity index (χ4v) is 2.31. The van der Waals surface area contributed by atoms with Gasteiger partial charge in [-0.05, 0) is 20.3 Å². The zero-order valence-electron chi connectivity index (χ0n) is 12.3. The Hall–Kier alpha value is -2.11. The molecule has 0 aliphatic rings. The number of aromatic nitrogens is 4. The fraction of sp³-hybridized carbons (Fsp3) is 0.500. The zero-order chi connectivity index (χ0) is 14.9. The van der Waals surface area contributed by atoms with Gasteiger partial charge in [-0.3, -0.25) is 9.36 Å². The largest absolute Gasteiger partial charge is 0.478 e. The van der Waals surface area contributed by atoms with E-state index in [4.69, 9.17) is 0 Å². The first-order chi connectivity index (χ1) is 9.45. The molecule has 2 heterocycles. The normalized spacial score (nSPS) is 11.0. The second-order valence-corrected chi connectivity index (χ2v) is 4.98. The van der Waals surface area contributed by atoms with E-state index in [0.29, 0.717) is 5.69 Å². The van der Waals surface area contributed by atoms with Crippen LogP contribution in [0.25, 0.3) is 11.3 Å². The van der Waals surface area contributed by atoms with Gasteiger partial charge < -0.3 is 5.11 Å². The molecule has 0 aliphatic heterocycles. The highest BCUT2D eigenvalue weighted by atomic mass is 16.4. The molecule has 2 aromatic heterocycles. The van der Waals surface area contributed by atoms with E-state index in [1.165, 1.54) is 0 Å². The summed E-state index contributed by atoms with van der Waals surface area (Å²) in [7, 11) is 1.85. The highest BCUT2D eigenvalue weighted by Crippen LogP contribution is 2.28. The summed E-state index contributed by atoms with van der Waals surface area (Å²) in [5, 5.41) is 18.2. The van der Waals surface area contributed by atoms with Crippen molar-refractivity contribution in [1.82, 2.24) is 19.6 Å². The van der Waals surface area contributed by atoms with Crippen LogP contribution in [0.2, 0.25) is 0 Å². The van der Waals surface area contributed by atoms with Crippen LogP contribution in [-0.2, 0) is 13.6 Å². The predicted molar refractivity (Wildman–Crippen MR) is 75.8 cm³/mol. The van der Waals surface area contributed by atoms with E-state index in [0.717, 1.165) is 36.3 Å². The van der Waals surface area contributed by atoms with Gasteiger partial charge in [0.05, 0.1) is 5.69 Å². The van der Waals surface area contributed by atoms with Crippen LogP contribution in [0.15, 0.2) is 6.20 Å². The number of unbranched alkanes of at least 4 members (excludes halogenated alkanes) is 1. The van der Waals surface area contributed by atoms with Gasteiger partial charge in [0.15, 0.2) is 0 Å². The molecule has 0 amide bonds. The SMILES string of the molecule is CCCCn1cc(C(=O)O)c(-c2c(C)nn(C)c2C)n1. The molecule has 20 heavy (non-hydrogen) atoms. The van der Waals surface area contributed by atoms with Crippen molar-refractivity contribution in [2.45, 2.75) is 40.2 Å². The molecule has 0 atom stereocenters. The Morgan fingerprint density at radius 1 is 1.35 bits per heavy atom. The predicted octanol–water partition coefficient (Wildman–Crippen LogP) is 2.40. The van der Waals surface area contributed by atoms with Crippen molar-refractivity contribution >= 4 is 5.97 Å². The molecule has 6 nitrogen and oxygen atoms in total. The lowest BCUT2D eigenvalue weighted by Crippen LogP contribution is -1.98. The van der Waals surface area contributed by atoms with Gasteiger partial charge >= 0.3 is 5.97 Å². The van der Waals surface area contributed by atoms with E-state index < -0.39 is 5.97 Å². The number of carbonyl (C=O) groups is 1. The minimum absolute atomic E-state index is 0.236. The van der Waals surface area contributed by atoms with Crippen molar-refractivity contribution in [2.24, 2.45) is 7.05 Å². The molecule has 0 unspecified atom stereocenters. The maximum absolute atomic E-state index is 11.4. The van der Waals surface area contributed by atoms with Crippen LogP contribution < -0.4 is 0 Å². The van der Waals surface area contributed by atoms with Gasteiger partial charge in [-0.1, -0.05) is 13.3 Å². The first kappa shape index (κ1) is 14.3. The molecule has 2 aromatic rings. The second-order valence-electron chi connectivity index (χ2n) is 4.98. The molecule has 1 N–H and O–H groups in total. The Bertz CT molecular complexity index is 640. The van der Waals surface area contributed by atoms with Gasteiger partial charge in [0, 0.05) is 31.0 Å². The van der Waals surface area contributed by atoms with Crippen LogP contribution in [0.4, 0.5) is 0 Å². The zero-order valence-corrected chi connectivity index (χ0v) is 12.3. The Labute approximate surface area is 118 Å². The smallest absolute Gasteiger partial charge is 0.339 e. The van der Waals surface area contributed by atoms with Gasteiger partial charge in [0.1, 0.15) is 11.3 Å². The average molecular weight is 276 g/mol. The number of nitrogens with zero attached hydrogens (tertiary/aromatic N) is 4. The summed E-state index contributed by atoms with van der Waals surface area (Å²) in [5.41, 5.74) is 3.29. The summed E-state index contributed by atoms with van der Waals surface area (Å²) in [6.07, 6.45) is 3.63. The van der Waals surface area contributed by atoms with Gasteiger partial charge in [-0.25, -0.2) is 4.79 Å². The molecule has 0 aromatic carbocycles. The number of aromatic carboxylic acids is 1. The minimum Gasteiger partial charge on any atom is -0.478 e. The highest BCUT2D eigenvalue weighted by molar-refractivity contribution is 5.95. The van der Waals surface area contributed by atoms with Gasteiger partial charge in [0.25, 0.3) is 0 Å². The topological polar surface area (TPSA) is 72.9 Å². The van der Waals surface area contributed by atoms with Crippen molar-refractivity contribution < 1.29 is 9.90 Å². The summed E-state index contributed by atoms with van der Waals surface area (Å²) in [5.74, 6) is -0.953. The Balaban J connectivity index is 2.54. The Morgan fingerprint density at radius 2 is 2.05 bits per heavy atom. The minimum atomic E-state index is -0.953. The Kier molecular flexibility index (Phi) is 3.92. The molecule has 0 spiro atoms. The number of carboxylic acid groups (broad SMARTS) is 1. The Morgan fingerprint density at radius 3 is 2.55 bits per heavy atom. The quantitative estimate of drug-likeness (QED) is 0.910. The van der Waals surface area contributed by atoms with E-state index in [1.807, 2.05) is 20.9 Å². The van der Waals surface area contributed by atoms with Crippen LogP contribution >= 0.6 is 0 Å². The first-order valence-corrected chi connectivity index (χ1v) is 6.77. The summed E-state index contributed by atoms with van der Waals surface area (Å²) >= 11 is 0. The molecule has 2 rings (SSSR count). The van der Waals surface area contributed by atoms with Crippen molar-refractivity contribution in [1.29, 1.82) is 0 Å². The number of aryl methyl sites for hydroxylation is 3. The van der Waals surface area contributed by atoms with Crippen molar-refractivity contribution in [2.75, 3.05) is 0 Å². The summed E-state index contributed by atoms with van der Waals surface area (Å²) in [6.45, 7) is 6.62. The van der Waals surface area contributed by atoms with Crippen LogP contribution in [0.3, 0.4) is 0 Å². The molecule has 0 saturated heterocycles. The molecule has 0 saturated carbocycles. The molecular weight excluding hydrogens is 256 g/mol. The lowest BCUT2D eigenvalue weighted by atomic mass is 10.1. The monoisotopic (exact) mass is 276 g/mol. The molecule has 6 heteroatoms. The highest BCUT2D eigenvalue weighted by Gasteiger charge is 2.22. The van der Waals surface area contributed by atoms with E-state index >= 15 is 0 Å². The fourth-order valence-electron chi connectivity index (χ4n) is 2.31. The molecule has 0 radical (unpaired) electrons. The van der Waals surface area contributed by atoms with Crippen molar-refractivity contribution in [3.63, 3.8) is 0 Å². The van der Waals surface area contributed by atoms with Crippen molar-refractivity contribution in [3.05, 3.63) is 23.1 Å². The third-order valence-corrected chi connectivity index (χ3v) is 3.48. The van der Waals surface area contributed by atoms with E-state index in [2.05, 4.69) is 17.1 Å². The average Bonchev–Trinajstić information content (AvgIpc) is 2.89. The molecule has 108 valence electrons. The van der Waals surface area contributed by atoms with Gasteiger partial charge in [0.2, 0.25) is 0 Å². The molecule has 0 aliphatic carbocycles. The van der Waals surface area contributed by atoms with E-state index in [9.17, 15) is 9.90 Å². The van der Waals surface area contributed by atoms with E-state index in [1.54, 1.807) is 15.6 Å². The molecule has 0 bridgehead atoms. The van der Waals surface area contributed by atoms with Crippen LogP contribution in [-0.4, -0.2) is 30.6 Å². The second kappa shape index (κ2) is 5.48. The number of hydrogen-bond acceptors (Lipinski definition) is 3. The van der Waals surface area contributed by atoms with Crippen LogP contribution in [0.5, 0.6) is 0 Å². The maximum Gasteiger partial charge on any atom is 0.339 e. The van der Waals surface area contributed by atoms with Gasteiger partial charge in [-0.2, -0.15) is 10.2 Å². The van der Waals surface area contributed by atoms with Crippen molar-refractivity contribution in [3.8, 4) is 11.3 Å². The van der Waals surface area contributed by atoms with Gasteiger partial charge in [-0.15, -0.1) is 0 Å². The maximum atomic E-state index is 11.4. The third kappa shape index (κ3) is 2.45.